The Morgan fingerprint density at radius 3 is 1.43 bits per heavy atom. The van der Waals surface area contributed by atoms with Gasteiger partial charge in [0.05, 0.1) is 0 Å². The van der Waals surface area contributed by atoms with Crippen molar-refractivity contribution in [2.24, 2.45) is 0 Å². The van der Waals surface area contributed by atoms with Crippen LogP contribution in [0.3, 0.4) is 0 Å². The minimum absolute atomic E-state index is 0.0570. The van der Waals surface area contributed by atoms with E-state index in [2.05, 4.69) is 0 Å². The first-order valence-electron chi connectivity index (χ1n) is 7.36. The summed E-state index contributed by atoms with van der Waals surface area (Å²) in [6, 6.07) is 7.00. The number of rotatable bonds is 6. The van der Waals surface area contributed by atoms with E-state index >= 15 is 0 Å². The minimum atomic E-state index is 0.0570. The van der Waals surface area contributed by atoms with Crippen LogP contribution < -0.4 is 9.31 Å². The molecular formula is C18H19BO4. The average Bonchev–Trinajstić information content (AvgIpc) is 2.55. The fourth-order valence-corrected chi connectivity index (χ4v) is 2.36. The first-order chi connectivity index (χ1) is 11.0. The van der Waals surface area contributed by atoms with E-state index in [0.29, 0.717) is 22.6 Å². The van der Waals surface area contributed by atoms with Gasteiger partial charge in [0.25, 0.3) is 0 Å². The van der Waals surface area contributed by atoms with Crippen LogP contribution in [-0.2, 0) is 0 Å². The third-order valence-corrected chi connectivity index (χ3v) is 4.24. The van der Waals surface area contributed by atoms with E-state index in [-0.39, 0.29) is 7.69 Å². The maximum atomic E-state index is 10.9. The highest BCUT2D eigenvalue weighted by Gasteiger charge is 2.10. The van der Waals surface area contributed by atoms with Gasteiger partial charge >= 0.3 is 7.69 Å². The monoisotopic (exact) mass is 310 g/mol. The Morgan fingerprint density at radius 2 is 1.09 bits per heavy atom. The topological polar surface area (TPSA) is 52.6 Å². The van der Waals surface area contributed by atoms with E-state index in [1.54, 1.807) is 24.3 Å². The molecule has 0 aromatic heterocycles. The first kappa shape index (κ1) is 16.8. The summed E-state index contributed by atoms with van der Waals surface area (Å²) < 4.78 is 11.3. The molecule has 0 aliphatic rings. The molecule has 0 N–H and O–H groups in total. The summed E-state index contributed by atoms with van der Waals surface area (Å²) in [5.74, 6) is 1.37. The van der Waals surface area contributed by atoms with E-state index in [9.17, 15) is 9.59 Å². The summed E-state index contributed by atoms with van der Waals surface area (Å²) >= 11 is 0. The Balaban J connectivity index is 2.09. The van der Waals surface area contributed by atoms with Gasteiger partial charge in [0.1, 0.15) is 24.1 Å². The molecular weight excluding hydrogens is 291 g/mol. The van der Waals surface area contributed by atoms with Crippen molar-refractivity contribution < 1.29 is 18.9 Å². The van der Waals surface area contributed by atoms with Gasteiger partial charge in [-0.2, -0.15) is 0 Å². The Labute approximate surface area is 136 Å². The molecule has 0 fully saturated rings. The molecule has 23 heavy (non-hydrogen) atoms. The van der Waals surface area contributed by atoms with Gasteiger partial charge < -0.3 is 9.31 Å². The molecule has 2 rings (SSSR count). The zero-order chi connectivity index (χ0) is 17.0. The molecule has 5 heteroatoms. The fraction of sp³-hybridized carbons (Fsp3) is 0.222. The normalized spacial score (nSPS) is 10.1. The van der Waals surface area contributed by atoms with Gasteiger partial charge in [0.15, 0.2) is 0 Å². The van der Waals surface area contributed by atoms with Crippen LogP contribution in [0, 0.1) is 27.7 Å². The standard InChI is InChI=1S/C18H19BO4/c1-11-13(3)17(7-5-15(11)9-20)22-19-23-18-8-6-16(10-21)12(2)14(18)4/h5-10,19H,1-4H3. The number of carbonyl (C=O) groups excluding carboxylic acids is 2. The quantitative estimate of drug-likeness (QED) is 0.607. The minimum Gasteiger partial charge on any atom is -0.528 e. The van der Waals surface area contributed by atoms with Crippen molar-refractivity contribution in [2.45, 2.75) is 27.7 Å². The van der Waals surface area contributed by atoms with E-state index in [1.807, 2.05) is 27.7 Å². The Morgan fingerprint density at radius 1 is 0.696 bits per heavy atom. The van der Waals surface area contributed by atoms with Crippen molar-refractivity contribution in [3.8, 4) is 11.5 Å². The van der Waals surface area contributed by atoms with Gasteiger partial charge in [-0.05, 0) is 74.2 Å². The molecule has 2 aromatic rings. The van der Waals surface area contributed by atoms with Crippen molar-refractivity contribution in [3.63, 3.8) is 0 Å². The van der Waals surface area contributed by atoms with Crippen LogP contribution in [0.15, 0.2) is 24.3 Å². The van der Waals surface area contributed by atoms with Crippen LogP contribution >= 0.6 is 0 Å². The van der Waals surface area contributed by atoms with Crippen LogP contribution in [-0.4, -0.2) is 20.3 Å². The van der Waals surface area contributed by atoms with Crippen LogP contribution in [0.1, 0.15) is 43.0 Å². The molecule has 0 radical (unpaired) electrons. The second-order valence-electron chi connectivity index (χ2n) is 5.45. The summed E-state index contributed by atoms with van der Waals surface area (Å²) in [6.45, 7) is 7.59. The van der Waals surface area contributed by atoms with Gasteiger partial charge in [-0.3, -0.25) is 9.59 Å². The maximum Gasteiger partial charge on any atom is 0.576 e. The maximum absolute atomic E-state index is 10.9. The molecule has 0 unspecified atom stereocenters. The van der Waals surface area contributed by atoms with E-state index in [0.717, 1.165) is 34.8 Å². The third-order valence-electron chi connectivity index (χ3n) is 4.24. The van der Waals surface area contributed by atoms with Gasteiger partial charge in [-0.1, -0.05) is 0 Å². The molecule has 0 aliphatic carbocycles. The summed E-state index contributed by atoms with van der Waals surface area (Å²) in [7, 11) is 0.0570. The summed E-state index contributed by atoms with van der Waals surface area (Å²) in [5, 5.41) is 0. The number of carbonyl (C=O) groups is 2. The molecule has 0 heterocycles. The molecule has 0 aliphatic heterocycles. The second-order valence-corrected chi connectivity index (χ2v) is 5.45. The number of hydrogen-bond donors (Lipinski definition) is 0. The molecule has 0 atom stereocenters. The second kappa shape index (κ2) is 7.14. The summed E-state index contributed by atoms with van der Waals surface area (Å²) in [6.07, 6.45) is 1.67. The van der Waals surface area contributed by atoms with Crippen molar-refractivity contribution in [2.75, 3.05) is 0 Å². The fourth-order valence-electron chi connectivity index (χ4n) is 2.36. The Hall–Kier alpha value is -2.56. The molecule has 0 bridgehead atoms. The van der Waals surface area contributed by atoms with Gasteiger partial charge in [-0.25, -0.2) is 0 Å². The predicted octanol–water partition coefficient (Wildman–Crippen LogP) is 3.27. The van der Waals surface area contributed by atoms with E-state index in [4.69, 9.17) is 9.31 Å². The highest BCUT2D eigenvalue weighted by molar-refractivity contribution is 6.21. The molecule has 0 amide bonds. The smallest absolute Gasteiger partial charge is 0.528 e. The van der Waals surface area contributed by atoms with Gasteiger partial charge in [-0.15, -0.1) is 0 Å². The van der Waals surface area contributed by atoms with E-state index < -0.39 is 0 Å². The molecule has 0 spiro atoms. The molecule has 0 saturated heterocycles. The zero-order valence-corrected chi connectivity index (χ0v) is 13.8. The van der Waals surface area contributed by atoms with Crippen molar-refractivity contribution in [1.82, 2.24) is 0 Å². The number of aldehydes is 2. The predicted molar refractivity (Wildman–Crippen MR) is 91.0 cm³/mol. The molecule has 4 nitrogen and oxygen atoms in total. The lowest BCUT2D eigenvalue weighted by molar-refractivity contribution is 0.111. The van der Waals surface area contributed by atoms with E-state index in [1.165, 1.54) is 0 Å². The lowest BCUT2D eigenvalue weighted by atomic mass is 10.0. The van der Waals surface area contributed by atoms with Crippen molar-refractivity contribution in [3.05, 3.63) is 57.6 Å². The van der Waals surface area contributed by atoms with Crippen molar-refractivity contribution >= 4 is 20.3 Å². The lowest BCUT2D eigenvalue weighted by Crippen LogP contribution is -2.13. The molecule has 0 saturated carbocycles. The SMILES string of the molecule is Cc1c(C=O)ccc(OBOc2ccc(C=O)c(C)c2C)c1C. The van der Waals surface area contributed by atoms with Gasteiger partial charge in [0, 0.05) is 11.1 Å². The summed E-state index contributed by atoms with van der Waals surface area (Å²) in [4.78, 5) is 21.8. The largest absolute Gasteiger partial charge is 0.576 e. The lowest BCUT2D eigenvalue weighted by Gasteiger charge is -2.14. The molecule has 2 aromatic carbocycles. The third kappa shape index (κ3) is 3.45. The van der Waals surface area contributed by atoms with Crippen LogP contribution in [0.5, 0.6) is 11.5 Å². The highest BCUT2D eigenvalue weighted by Crippen LogP contribution is 2.25. The molecule has 118 valence electrons. The highest BCUT2D eigenvalue weighted by atomic mass is 16.6. The Bertz CT molecular complexity index is 690. The number of hydrogen-bond acceptors (Lipinski definition) is 4. The first-order valence-corrected chi connectivity index (χ1v) is 7.36. The number of benzene rings is 2. The summed E-state index contributed by atoms with van der Waals surface area (Å²) in [5.41, 5.74) is 4.96. The zero-order valence-electron chi connectivity index (χ0n) is 13.8. The Kier molecular flexibility index (Phi) is 5.22. The van der Waals surface area contributed by atoms with Crippen LogP contribution in [0.25, 0.3) is 0 Å². The van der Waals surface area contributed by atoms with Gasteiger partial charge in [0.2, 0.25) is 0 Å². The average molecular weight is 310 g/mol. The van der Waals surface area contributed by atoms with Crippen molar-refractivity contribution in [1.29, 1.82) is 0 Å². The van der Waals surface area contributed by atoms with Crippen LogP contribution in [0.2, 0.25) is 0 Å². The van der Waals surface area contributed by atoms with Crippen LogP contribution in [0.4, 0.5) is 0 Å².